The first-order valence-electron chi connectivity index (χ1n) is 4.76. The highest BCUT2D eigenvalue weighted by molar-refractivity contribution is 7.13. The molecule has 0 saturated carbocycles. The lowest BCUT2D eigenvalue weighted by Crippen LogP contribution is -1.98. The zero-order valence-electron chi connectivity index (χ0n) is 8.73. The van der Waals surface area contributed by atoms with Gasteiger partial charge in [0.25, 0.3) is 0 Å². The van der Waals surface area contributed by atoms with Crippen LogP contribution in [0.15, 0.2) is 29.6 Å². The Kier molecular flexibility index (Phi) is 3.14. The largest absolute Gasteiger partial charge is 0.377 e. The second-order valence-corrected chi connectivity index (χ2v) is 4.11. The lowest BCUT2D eigenvalue weighted by Gasteiger charge is -2.13. The summed E-state index contributed by atoms with van der Waals surface area (Å²) in [7, 11) is 1.72. The predicted octanol–water partition coefficient (Wildman–Crippen LogP) is 3.32. The van der Waals surface area contributed by atoms with Crippen molar-refractivity contribution in [3.63, 3.8) is 0 Å². The minimum absolute atomic E-state index is 0.0881. The average Bonchev–Trinajstić information content (AvgIpc) is 2.81. The van der Waals surface area contributed by atoms with Crippen LogP contribution in [0.25, 0.3) is 10.6 Å². The summed E-state index contributed by atoms with van der Waals surface area (Å²) in [6, 6.07) is 8.18. The van der Waals surface area contributed by atoms with Crippen LogP contribution in [0.5, 0.6) is 0 Å². The molecular weight excluding hydrogens is 206 g/mol. The Morgan fingerprint density at radius 3 is 2.87 bits per heavy atom. The van der Waals surface area contributed by atoms with E-state index in [1.54, 1.807) is 18.4 Å². The molecule has 1 heterocycles. The van der Waals surface area contributed by atoms with Crippen LogP contribution in [-0.2, 0) is 4.74 Å². The molecule has 2 aromatic rings. The molecule has 2 nitrogen and oxygen atoms in total. The van der Waals surface area contributed by atoms with E-state index < -0.39 is 0 Å². The summed E-state index contributed by atoms with van der Waals surface area (Å²) in [5.74, 6) is 0. The van der Waals surface area contributed by atoms with Crippen LogP contribution in [0, 0.1) is 6.20 Å². The number of hydrogen-bond donors (Lipinski definition) is 0. The van der Waals surface area contributed by atoms with Crippen molar-refractivity contribution in [1.29, 1.82) is 0 Å². The Hall–Kier alpha value is -1.19. The molecule has 0 N–H and O–H groups in total. The Balaban J connectivity index is 2.47. The fourth-order valence-corrected chi connectivity index (χ4v) is 2.13. The summed E-state index contributed by atoms with van der Waals surface area (Å²) in [5, 5.41) is 2.86. The Morgan fingerprint density at radius 1 is 1.40 bits per heavy atom. The molecule has 0 fully saturated rings. The number of benzene rings is 1. The smallest absolute Gasteiger partial charge is 0.124 e. The zero-order chi connectivity index (χ0) is 10.7. The summed E-state index contributed by atoms with van der Waals surface area (Å²) in [6.45, 7) is 2.04. The number of ether oxygens (including phenoxy) is 1. The molecule has 1 aromatic carbocycles. The first kappa shape index (κ1) is 10.3. The van der Waals surface area contributed by atoms with Gasteiger partial charge in [0, 0.05) is 18.1 Å². The fourth-order valence-electron chi connectivity index (χ4n) is 1.49. The molecule has 1 atom stereocenters. The van der Waals surface area contributed by atoms with Crippen molar-refractivity contribution in [3.8, 4) is 10.6 Å². The molecule has 3 heteroatoms. The topological polar surface area (TPSA) is 22.1 Å². The van der Waals surface area contributed by atoms with E-state index in [4.69, 9.17) is 4.74 Å². The third-order valence-corrected chi connectivity index (χ3v) is 3.13. The minimum atomic E-state index is 0.0881. The molecule has 0 saturated heterocycles. The molecule has 2 rings (SSSR count). The second-order valence-electron chi connectivity index (χ2n) is 3.25. The van der Waals surface area contributed by atoms with E-state index in [-0.39, 0.29) is 6.10 Å². The predicted molar refractivity (Wildman–Crippen MR) is 61.8 cm³/mol. The van der Waals surface area contributed by atoms with E-state index in [2.05, 4.69) is 23.3 Å². The SMILES string of the molecule is COC(C)c1ccccc1-c1n[c]cs1. The third-order valence-electron chi connectivity index (χ3n) is 2.37. The maximum absolute atomic E-state index is 5.34. The van der Waals surface area contributed by atoms with E-state index >= 15 is 0 Å². The molecule has 1 aromatic heterocycles. The third kappa shape index (κ3) is 2.08. The van der Waals surface area contributed by atoms with Crippen molar-refractivity contribution in [2.45, 2.75) is 13.0 Å². The van der Waals surface area contributed by atoms with Crippen LogP contribution in [0.2, 0.25) is 0 Å². The second kappa shape index (κ2) is 4.55. The van der Waals surface area contributed by atoms with E-state index in [1.807, 2.05) is 24.4 Å². The van der Waals surface area contributed by atoms with E-state index in [0.717, 1.165) is 10.6 Å². The highest BCUT2D eigenvalue weighted by Gasteiger charge is 2.11. The Morgan fingerprint density at radius 2 is 2.20 bits per heavy atom. The summed E-state index contributed by atoms with van der Waals surface area (Å²) in [4.78, 5) is 4.20. The number of rotatable bonds is 3. The van der Waals surface area contributed by atoms with Crippen molar-refractivity contribution in [1.82, 2.24) is 4.98 Å². The maximum Gasteiger partial charge on any atom is 0.124 e. The molecular formula is C12H12NOS. The fraction of sp³-hybridized carbons (Fsp3) is 0.250. The average molecular weight is 218 g/mol. The van der Waals surface area contributed by atoms with Gasteiger partial charge in [0.2, 0.25) is 0 Å². The van der Waals surface area contributed by atoms with Crippen LogP contribution >= 0.6 is 11.3 Å². The molecule has 0 aliphatic rings. The van der Waals surface area contributed by atoms with Gasteiger partial charge in [0.1, 0.15) is 11.2 Å². The standard InChI is InChI=1S/C12H12NOS/c1-9(14-2)10-5-3-4-6-11(10)12-13-7-8-15-12/h3-6,8-9H,1-2H3. The Labute approximate surface area is 93.6 Å². The summed E-state index contributed by atoms with van der Waals surface area (Å²) in [5.41, 5.74) is 2.31. The van der Waals surface area contributed by atoms with Crippen molar-refractivity contribution in [3.05, 3.63) is 41.4 Å². The van der Waals surface area contributed by atoms with Crippen LogP contribution in [0.1, 0.15) is 18.6 Å². The molecule has 0 aliphatic heterocycles. The lowest BCUT2D eigenvalue weighted by atomic mass is 10.0. The molecule has 15 heavy (non-hydrogen) atoms. The molecule has 0 spiro atoms. The molecule has 77 valence electrons. The van der Waals surface area contributed by atoms with Gasteiger partial charge in [0.05, 0.1) is 6.10 Å². The number of methoxy groups -OCH3 is 1. The van der Waals surface area contributed by atoms with Gasteiger partial charge in [0.15, 0.2) is 0 Å². The number of thiazole rings is 1. The molecule has 0 bridgehead atoms. The first-order valence-corrected chi connectivity index (χ1v) is 5.64. The van der Waals surface area contributed by atoms with E-state index in [1.165, 1.54) is 5.56 Å². The Bertz CT molecular complexity index is 425. The lowest BCUT2D eigenvalue weighted by molar-refractivity contribution is 0.120. The molecule has 0 amide bonds. The zero-order valence-corrected chi connectivity index (χ0v) is 9.54. The molecule has 0 aliphatic carbocycles. The number of hydrogen-bond acceptors (Lipinski definition) is 3. The van der Waals surface area contributed by atoms with Gasteiger partial charge in [-0.3, -0.25) is 0 Å². The first-order chi connectivity index (χ1) is 7.33. The summed E-state index contributed by atoms with van der Waals surface area (Å²) < 4.78 is 5.34. The van der Waals surface area contributed by atoms with Crippen LogP contribution in [0.4, 0.5) is 0 Å². The number of aromatic nitrogens is 1. The van der Waals surface area contributed by atoms with Crippen molar-refractivity contribution in [2.24, 2.45) is 0 Å². The normalized spacial score (nSPS) is 12.7. The van der Waals surface area contributed by atoms with Gasteiger partial charge in [-0.2, -0.15) is 0 Å². The molecule has 1 unspecified atom stereocenters. The van der Waals surface area contributed by atoms with Crippen molar-refractivity contribution < 1.29 is 4.74 Å². The summed E-state index contributed by atoms with van der Waals surface area (Å²) in [6.07, 6.45) is 2.93. The van der Waals surface area contributed by atoms with Gasteiger partial charge in [-0.05, 0) is 12.5 Å². The summed E-state index contributed by atoms with van der Waals surface area (Å²) >= 11 is 1.60. The quantitative estimate of drug-likeness (QED) is 0.788. The van der Waals surface area contributed by atoms with Gasteiger partial charge in [-0.15, -0.1) is 11.3 Å². The monoisotopic (exact) mass is 218 g/mol. The van der Waals surface area contributed by atoms with Gasteiger partial charge < -0.3 is 4.74 Å². The number of nitrogens with zero attached hydrogens (tertiary/aromatic N) is 1. The van der Waals surface area contributed by atoms with Gasteiger partial charge in [-0.1, -0.05) is 24.3 Å². The van der Waals surface area contributed by atoms with Gasteiger partial charge >= 0.3 is 0 Å². The van der Waals surface area contributed by atoms with Crippen LogP contribution < -0.4 is 0 Å². The van der Waals surface area contributed by atoms with E-state index in [0.29, 0.717) is 0 Å². The van der Waals surface area contributed by atoms with Crippen molar-refractivity contribution in [2.75, 3.05) is 7.11 Å². The van der Waals surface area contributed by atoms with Gasteiger partial charge in [-0.25, -0.2) is 4.98 Å². The highest BCUT2D eigenvalue weighted by Crippen LogP contribution is 2.30. The van der Waals surface area contributed by atoms with Crippen LogP contribution in [-0.4, -0.2) is 12.1 Å². The van der Waals surface area contributed by atoms with Crippen molar-refractivity contribution >= 4 is 11.3 Å². The van der Waals surface area contributed by atoms with Crippen LogP contribution in [0.3, 0.4) is 0 Å². The van der Waals surface area contributed by atoms with E-state index in [9.17, 15) is 0 Å². The maximum atomic E-state index is 5.34. The minimum Gasteiger partial charge on any atom is -0.377 e. The molecule has 1 radical (unpaired) electrons. The highest BCUT2D eigenvalue weighted by atomic mass is 32.1.